The van der Waals surface area contributed by atoms with Crippen molar-refractivity contribution in [1.82, 2.24) is 9.78 Å². The number of methoxy groups -OCH3 is 2. The summed E-state index contributed by atoms with van der Waals surface area (Å²) < 4.78 is 12.0. The number of hydrogen-bond donors (Lipinski definition) is 1. The molecule has 8 heteroatoms. The molecule has 0 bridgehead atoms. The van der Waals surface area contributed by atoms with Crippen molar-refractivity contribution in [3.63, 3.8) is 0 Å². The van der Waals surface area contributed by atoms with Crippen molar-refractivity contribution in [2.24, 2.45) is 5.92 Å². The number of amides is 1. The molecule has 1 aliphatic heterocycles. The summed E-state index contributed by atoms with van der Waals surface area (Å²) in [5.74, 6) is 0.913. The fourth-order valence-corrected chi connectivity index (χ4v) is 4.03. The van der Waals surface area contributed by atoms with Gasteiger partial charge in [0.25, 0.3) is 5.56 Å². The van der Waals surface area contributed by atoms with E-state index in [1.807, 2.05) is 30.3 Å². The number of aromatic nitrogens is 2. The van der Waals surface area contributed by atoms with Crippen molar-refractivity contribution < 1.29 is 14.3 Å². The molecule has 1 saturated heterocycles. The first-order valence-electron chi connectivity index (χ1n) is 11.0. The Bertz CT molecular complexity index is 1160. The SMILES string of the molecule is COc1ccc(NC(=O)[C@H]2CCCN(c3cnn(Cc4ccccc4)c(=O)c3)C2)c(OC)c1. The number of anilines is 2. The number of hydrogen-bond acceptors (Lipinski definition) is 6. The number of benzene rings is 2. The molecule has 1 amide bonds. The Morgan fingerprint density at radius 1 is 1.12 bits per heavy atom. The van der Waals surface area contributed by atoms with Crippen molar-refractivity contribution >= 4 is 17.3 Å². The molecular formula is C25H28N4O4. The van der Waals surface area contributed by atoms with Crippen LogP contribution >= 0.6 is 0 Å². The van der Waals surface area contributed by atoms with Crippen LogP contribution in [0.5, 0.6) is 11.5 Å². The summed E-state index contributed by atoms with van der Waals surface area (Å²) in [7, 11) is 3.14. The Morgan fingerprint density at radius 3 is 2.67 bits per heavy atom. The zero-order chi connectivity index (χ0) is 23.2. The zero-order valence-electron chi connectivity index (χ0n) is 18.9. The second-order valence-corrected chi connectivity index (χ2v) is 8.04. The van der Waals surface area contributed by atoms with Crippen LogP contribution < -0.4 is 25.2 Å². The smallest absolute Gasteiger partial charge is 0.269 e. The van der Waals surface area contributed by atoms with Gasteiger partial charge in [0.2, 0.25) is 5.91 Å². The van der Waals surface area contributed by atoms with Gasteiger partial charge in [0.15, 0.2) is 0 Å². The summed E-state index contributed by atoms with van der Waals surface area (Å²) in [6.07, 6.45) is 3.33. The molecule has 33 heavy (non-hydrogen) atoms. The number of rotatable bonds is 7. The van der Waals surface area contributed by atoms with Crippen molar-refractivity contribution in [3.8, 4) is 11.5 Å². The van der Waals surface area contributed by atoms with Gasteiger partial charge in [0.05, 0.1) is 44.3 Å². The minimum atomic E-state index is -0.211. The predicted molar refractivity (Wildman–Crippen MR) is 127 cm³/mol. The van der Waals surface area contributed by atoms with E-state index in [2.05, 4.69) is 15.3 Å². The van der Waals surface area contributed by atoms with E-state index in [-0.39, 0.29) is 17.4 Å². The molecule has 0 radical (unpaired) electrons. The number of piperidine rings is 1. The second kappa shape index (κ2) is 10.2. The highest BCUT2D eigenvalue weighted by Crippen LogP contribution is 2.30. The van der Waals surface area contributed by atoms with Gasteiger partial charge in [0.1, 0.15) is 11.5 Å². The molecule has 4 rings (SSSR count). The number of carbonyl (C=O) groups excluding carboxylic acids is 1. The molecule has 1 aliphatic rings. The van der Waals surface area contributed by atoms with Crippen LogP contribution in [-0.2, 0) is 11.3 Å². The summed E-state index contributed by atoms with van der Waals surface area (Å²) in [4.78, 5) is 27.7. The number of nitrogens with zero attached hydrogens (tertiary/aromatic N) is 3. The van der Waals surface area contributed by atoms with Crippen LogP contribution in [0, 0.1) is 5.92 Å². The molecule has 0 unspecified atom stereocenters. The summed E-state index contributed by atoms with van der Waals surface area (Å²) in [5.41, 5.74) is 2.20. The van der Waals surface area contributed by atoms with E-state index in [0.29, 0.717) is 30.3 Å². The lowest BCUT2D eigenvalue weighted by Crippen LogP contribution is -2.41. The van der Waals surface area contributed by atoms with Gasteiger partial charge in [-0.2, -0.15) is 5.10 Å². The van der Waals surface area contributed by atoms with Crippen LogP contribution in [0.15, 0.2) is 65.6 Å². The fraction of sp³-hybridized carbons (Fsp3) is 0.320. The van der Waals surface area contributed by atoms with E-state index in [1.54, 1.807) is 44.7 Å². The average molecular weight is 449 g/mol. The van der Waals surface area contributed by atoms with Gasteiger partial charge < -0.3 is 19.7 Å². The standard InChI is InChI=1S/C25H28N4O4/c1-32-21-10-11-22(23(14-21)33-2)27-25(31)19-9-6-12-28(17-19)20-13-24(30)29(26-15-20)16-18-7-4-3-5-8-18/h3-5,7-8,10-11,13-15,19H,6,9,12,16-17H2,1-2H3,(H,27,31)/t19-/m0/s1. The molecule has 0 spiro atoms. The van der Waals surface area contributed by atoms with Gasteiger partial charge in [-0.1, -0.05) is 30.3 Å². The highest BCUT2D eigenvalue weighted by atomic mass is 16.5. The van der Waals surface area contributed by atoms with E-state index in [0.717, 1.165) is 30.6 Å². The lowest BCUT2D eigenvalue weighted by atomic mass is 9.96. The van der Waals surface area contributed by atoms with E-state index < -0.39 is 0 Å². The lowest BCUT2D eigenvalue weighted by Gasteiger charge is -2.33. The van der Waals surface area contributed by atoms with Crippen LogP contribution in [0.2, 0.25) is 0 Å². The first-order valence-corrected chi connectivity index (χ1v) is 11.0. The molecule has 1 aromatic heterocycles. The van der Waals surface area contributed by atoms with Crippen LogP contribution in [0.25, 0.3) is 0 Å². The predicted octanol–water partition coefficient (Wildman–Crippen LogP) is 3.16. The average Bonchev–Trinajstić information content (AvgIpc) is 2.86. The Kier molecular flexibility index (Phi) is 6.92. The third kappa shape index (κ3) is 5.34. The molecule has 2 heterocycles. The first-order chi connectivity index (χ1) is 16.1. The maximum Gasteiger partial charge on any atom is 0.269 e. The number of carbonyl (C=O) groups is 1. The van der Waals surface area contributed by atoms with Gasteiger partial charge in [0, 0.05) is 25.2 Å². The van der Waals surface area contributed by atoms with Crippen molar-refractivity contribution in [1.29, 1.82) is 0 Å². The molecule has 1 N–H and O–H groups in total. The Balaban J connectivity index is 1.43. The monoisotopic (exact) mass is 448 g/mol. The topological polar surface area (TPSA) is 85.7 Å². The van der Waals surface area contributed by atoms with Gasteiger partial charge in [-0.25, -0.2) is 4.68 Å². The largest absolute Gasteiger partial charge is 0.497 e. The number of nitrogens with one attached hydrogen (secondary N) is 1. The lowest BCUT2D eigenvalue weighted by molar-refractivity contribution is -0.120. The van der Waals surface area contributed by atoms with E-state index in [1.165, 1.54) is 4.68 Å². The molecule has 2 aromatic carbocycles. The summed E-state index contributed by atoms with van der Waals surface area (Å²) >= 11 is 0. The van der Waals surface area contributed by atoms with Crippen molar-refractivity contribution in [3.05, 3.63) is 76.7 Å². The maximum absolute atomic E-state index is 13.0. The van der Waals surface area contributed by atoms with Crippen LogP contribution in [0.4, 0.5) is 11.4 Å². The van der Waals surface area contributed by atoms with Crippen molar-refractivity contribution in [2.75, 3.05) is 37.5 Å². The zero-order valence-corrected chi connectivity index (χ0v) is 18.9. The van der Waals surface area contributed by atoms with E-state index >= 15 is 0 Å². The first kappa shape index (κ1) is 22.4. The minimum Gasteiger partial charge on any atom is -0.497 e. The molecule has 172 valence electrons. The molecular weight excluding hydrogens is 420 g/mol. The highest BCUT2D eigenvalue weighted by Gasteiger charge is 2.27. The highest BCUT2D eigenvalue weighted by molar-refractivity contribution is 5.94. The van der Waals surface area contributed by atoms with E-state index in [4.69, 9.17) is 9.47 Å². The number of ether oxygens (including phenoxy) is 2. The Morgan fingerprint density at radius 2 is 1.94 bits per heavy atom. The molecule has 3 aromatic rings. The molecule has 1 atom stereocenters. The van der Waals surface area contributed by atoms with Gasteiger partial charge >= 0.3 is 0 Å². The quantitative estimate of drug-likeness (QED) is 0.598. The maximum atomic E-state index is 13.0. The Labute approximate surface area is 192 Å². The summed E-state index contributed by atoms with van der Waals surface area (Å²) in [6.45, 7) is 1.72. The van der Waals surface area contributed by atoms with Crippen LogP contribution in [0.3, 0.4) is 0 Å². The van der Waals surface area contributed by atoms with Gasteiger partial charge in [-0.15, -0.1) is 0 Å². The Hall–Kier alpha value is -3.81. The van der Waals surface area contributed by atoms with Crippen LogP contribution in [-0.4, -0.2) is 43.0 Å². The van der Waals surface area contributed by atoms with Crippen molar-refractivity contribution in [2.45, 2.75) is 19.4 Å². The van der Waals surface area contributed by atoms with E-state index in [9.17, 15) is 9.59 Å². The van der Waals surface area contributed by atoms with Gasteiger partial charge in [-0.3, -0.25) is 9.59 Å². The molecule has 8 nitrogen and oxygen atoms in total. The molecule has 1 fully saturated rings. The molecule has 0 aliphatic carbocycles. The summed E-state index contributed by atoms with van der Waals surface area (Å²) in [5, 5.41) is 7.33. The second-order valence-electron chi connectivity index (χ2n) is 8.04. The molecule has 0 saturated carbocycles. The van der Waals surface area contributed by atoms with Gasteiger partial charge in [-0.05, 0) is 30.5 Å². The minimum absolute atomic E-state index is 0.0754. The third-order valence-corrected chi connectivity index (χ3v) is 5.85. The fourth-order valence-electron chi connectivity index (χ4n) is 4.03. The van der Waals surface area contributed by atoms with Crippen LogP contribution in [0.1, 0.15) is 18.4 Å². The summed E-state index contributed by atoms with van der Waals surface area (Å²) in [6, 6.07) is 16.6. The third-order valence-electron chi connectivity index (χ3n) is 5.85. The normalized spacial score (nSPS) is 15.7.